The first-order valence-electron chi connectivity index (χ1n) is 5.97. The minimum Gasteiger partial charge on any atom is -0.458 e. The summed E-state index contributed by atoms with van der Waals surface area (Å²) in [4.78, 5) is 11.5. The summed E-state index contributed by atoms with van der Waals surface area (Å²) in [7, 11) is 0. The van der Waals surface area contributed by atoms with Crippen molar-refractivity contribution in [1.82, 2.24) is 0 Å². The third-order valence-corrected chi connectivity index (χ3v) is 2.78. The summed E-state index contributed by atoms with van der Waals surface area (Å²) < 4.78 is 5.03. The van der Waals surface area contributed by atoms with Gasteiger partial charge in [-0.1, -0.05) is 25.5 Å². The van der Waals surface area contributed by atoms with E-state index in [1.54, 1.807) is 6.08 Å². The summed E-state index contributed by atoms with van der Waals surface area (Å²) >= 11 is 0. The van der Waals surface area contributed by atoms with Crippen LogP contribution in [0.25, 0.3) is 0 Å². The van der Waals surface area contributed by atoms with Gasteiger partial charge in [-0.2, -0.15) is 0 Å². The largest absolute Gasteiger partial charge is 0.458 e. The van der Waals surface area contributed by atoms with Gasteiger partial charge in [0.25, 0.3) is 0 Å². The first-order valence-corrected chi connectivity index (χ1v) is 5.97. The lowest BCUT2D eigenvalue weighted by molar-refractivity contribution is -0.169. The van der Waals surface area contributed by atoms with E-state index in [-0.39, 0.29) is 6.42 Å². The maximum atomic E-state index is 11.5. The maximum absolute atomic E-state index is 11.5. The second kappa shape index (κ2) is 6.74. The number of esters is 1. The first kappa shape index (κ1) is 14.2. The molecule has 0 aromatic rings. The SMILES string of the molecule is CCC[C@H]1OC(=O)[C@@H](O)CC/C=C\[C@@H](O)[C@@H]1O. The fraction of sp³-hybridized carbons (Fsp3) is 0.750. The lowest BCUT2D eigenvalue weighted by Crippen LogP contribution is -2.41. The van der Waals surface area contributed by atoms with Crippen molar-refractivity contribution >= 4 is 5.97 Å². The van der Waals surface area contributed by atoms with Gasteiger partial charge in [-0.15, -0.1) is 0 Å². The van der Waals surface area contributed by atoms with Gasteiger partial charge in [0, 0.05) is 0 Å². The molecule has 0 fully saturated rings. The second-order valence-electron chi connectivity index (χ2n) is 4.27. The third kappa shape index (κ3) is 4.11. The molecule has 5 nitrogen and oxygen atoms in total. The zero-order valence-corrected chi connectivity index (χ0v) is 9.95. The van der Waals surface area contributed by atoms with Crippen LogP contribution < -0.4 is 0 Å². The molecule has 0 bridgehead atoms. The minimum absolute atomic E-state index is 0.261. The monoisotopic (exact) mass is 244 g/mol. The van der Waals surface area contributed by atoms with E-state index in [4.69, 9.17) is 4.74 Å². The van der Waals surface area contributed by atoms with Crippen LogP contribution in [0.5, 0.6) is 0 Å². The summed E-state index contributed by atoms with van der Waals surface area (Å²) in [5, 5.41) is 29.0. The summed E-state index contributed by atoms with van der Waals surface area (Å²) in [6, 6.07) is 0. The zero-order chi connectivity index (χ0) is 12.8. The van der Waals surface area contributed by atoms with Crippen molar-refractivity contribution in [3.05, 3.63) is 12.2 Å². The van der Waals surface area contributed by atoms with Gasteiger partial charge in [-0.05, 0) is 19.3 Å². The van der Waals surface area contributed by atoms with Crippen molar-refractivity contribution in [3.63, 3.8) is 0 Å². The van der Waals surface area contributed by atoms with Crippen LogP contribution in [0.4, 0.5) is 0 Å². The Morgan fingerprint density at radius 1 is 1.41 bits per heavy atom. The quantitative estimate of drug-likeness (QED) is 0.475. The number of carbonyl (C=O) groups is 1. The van der Waals surface area contributed by atoms with Gasteiger partial charge >= 0.3 is 5.97 Å². The van der Waals surface area contributed by atoms with E-state index in [0.29, 0.717) is 19.3 Å². The summed E-state index contributed by atoms with van der Waals surface area (Å²) in [6.45, 7) is 1.89. The first-order chi connectivity index (χ1) is 8.06. The Bertz CT molecular complexity index is 276. The van der Waals surface area contributed by atoms with E-state index in [0.717, 1.165) is 0 Å². The number of allylic oxidation sites excluding steroid dienone is 1. The number of carbonyl (C=O) groups excluding carboxylic acids is 1. The number of ether oxygens (including phenoxy) is 1. The molecule has 17 heavy (non-hydrogen) atoms. The third-order valence-electron chi connectivity index (χ3n) is 2.78. The molecule has 1 heterocycles. The van der Waals surface area contributed by atoms with Crippen LogP contribution in [0, 0.1) is 0 Å². The Morgan fingerprint density at radius 3 is 2.76 bits per heavy atom. The van der Waals surface area contributed by atoms with E-state index in [1.165, 1.54) is 6.08 Å². The molecule has 98 valence electrons. The number of hydrogen-bond donors (Lipinski definition) is 3. The van der Waals surface area contributed by atoms with Crippen molar-refractivity contribution in [1.29, 1.82) is 0 Å². The van der Waals surface area contributed by atoms with Crippen LogP contribution in [0.3, 0.4) is 0 Å². The summed E-state index contributed by atoms with van der Waals surface area (Å²) in [5.74, 6) is -0.731. The Morgan fingerprint density at radius 2 is 2.12 bits per heavy atom. The standard InChI is InChI=1S/C12H20O5/c1-2-5-10-11(15)8(13)6-3-4-7-9(14)12(16)17-10/h3,6,8-11,13-15H,2,4-5,7H2,1H3/b6-3-/t8-,9+,10-,11+/m1/s1. The molecule has 0 aliphatic carbocycles. The number of hydrogen-bond acceptors (Lipinski definition) is 5. The predicted octanol–water partition coefficient (Wildman–Crippen LogP) is 0.131. The molecule has 4 atom stereocenters. The lowest BCUT2D eigenvalue weighted by atomic mass is 10.0. The molecule has 0 spiro atoms. The van der Waals surface area contributed by atoms with Gasteiger partial charge in [-0.25, -0.2) is 4.79 Å². The van der Waals surface area contributed by atoms with Crippen LogP contribution in [-0.2, 0) is 9.53 Å². The number of cyclic esters (lactones) is 1. The Hall–Kier alpha value is -0.910. The van der Waals surface area contributed by atoms with Gasteiger partial charge < -0.3 is 20.1 Å². The summed E-state index contributed by atoms with van der Waals surface area (Å²) in [6.07, 6.45) is 0.857. The van der Waals surface area contributed by atoms with Crippen molar-refractivity contribution in [3.8, 4) is 0 Å². The second-order valence-corrected chi connectivity index (χ2v) is 4.27. The highest BCUT2D eigenvalue weighted by Gasteiger charge is 2.30. The van der Waals surface area contributed by atoms with Crippen molar-refractivity contribution in [2.24, 2.45) is 0 Å². The molecule has 0 saturated carbocycles. The summed E-state index contributed by atoms with van der Waals surface area (Å²) in [5.41, 5.74) is 0. The molecule has 0 amide bonds. The predicted molar refractivity (Wildman–Crippen MR) is 61.2 cm³/mol. The van der Waals surface area contributed by atoms with Crippen molar-refractivity contribution < 1.29 is 24.9 Å². The van der Waals surface area contributed by atoms with E-state index in [9.17, 15) is 20.1 Å². The highest BCUT2D eigenvalue weighted by molar-refractivity contribution is 5.74. The van der Waals surface area contributed by atoms with Gasteiger partial charge in [-0.3, -0.25) is 0 Å². The zero-order valence-electron chi connectivity index (χ0n) is 9.95. The molecular formula is C12H20O5. The maximum Gasteiger partial charge on any atom is 0.335 e. The molecule has 0 aromatic carbocycles. The molecule has 0 radical (unpaired) electrons. The van der Waals surface area contributed by atoms with E-state index in [2.05, 4.69) is 0 Å². The van der Waals surface area contributed by atoms with Crippen LogP contribution in [0.2, 0.25) is 0 Å². The fourth-order valence-electron chi connectivity index (χ4n) is 1.75. The molecule has 3 N–H and O–H groups in total. The molecule has 0 unspecified atom stereocenters. The van der Waals surface area contributed by atoms with E-state index >= 15 is 0 Å². The Labute approximate surface area is 101 Å². The van der Waals surface area contributed by atoms with Crippen LogP contribution in [0.15, 0.2) is 12.2 Å². The molecule has 1 rings (SSSR count). The molecule has 0 aromatic heterocycles. The number of rotatable bonds is 2. The van der Waals surface area contributed by atoms with Crippen molar-refractivity contribution in [2.75, 3.05) is 0 Å². The van der Waals surface area contributed by atoms with E-state index in [1.807, 2.05) is 6.92 Å². The van der Waals surface area contributed by atoms with Crippen LogP contribution in [-0.4, -0.2) is 45.7 Å². The number of aliphatic hydroxyl groups excluding tert-OH is 3. The topological polar surface area (TPSA) is 87.0 Å². The number of aliphatic hydroxyl groups is 3. The smallest absolute Gasteiger partial charge is 0.335 e. The molecule has 1 aliphatic rings. The Kier molecular flexibility index (Phi) is 5.61. The van der Waals surface area contributed by atoms with Gasteiger partial charge in [0.1, 0.15) is 18.3 Å². The fourth-order valence-corrected chi connectivity index (χ4v) is 1.75. The average Bonchev–Trinajstić information content (AvgIpc) is 2.31. The molecule has 1 aliphatic heterocycles. The lowest BCUT2D eigenvalue weighted by Gasteiger charge is -2.27. The normalized spacial score (nSPS) is 37.3. The molecule has 5 heteroatoms. The van der Waals surface area contributed by atoms with Gasteiger partial charge in [0.2, 0.25) is 0 Å². The minimum atomic E-state index is -1.17. The van der Waals surface area contributed by atoms with E-state index < -0.39 is 30.4 Å². The van der Waals surface area contributed by atoms with Crippen molar-refractivity contribution in [2.45, 2.75) is 57.0 Å². The van der Waals surface area contributed by atoms with Gasteiger partial charge in [0.05, 0.1) is 0 Å². The van der Waals surface area contributed by atoms with Gasteiger partial charge in [0.15, 0.2) is 6.10 Å². The average molecular weight is 244 g/mol. The molecule has 0 saturated heterocycles. The Balaban J connectivity index is 2.80. The molecular weight excluding hydrogens is 224 g/mol. The van der Waals surface area contributed by atoms with Crippen LogP contribution in [0.1, 0.15) is 32.6 Å². The highest BCUT2D eigenvalue weighted by atomic mass is 16.6. The highest BCUT2D eigenvalue weighted by Crippen LogP contribution is 2.16. The van der Waals surface area contributed by atoms with Crippen LogP contribution >= 0.6 is 0 Å².